The number of benzene rings is 1. The summed E-state index contributed by atoms with van der Waals surface area (Å²) in [5, 5.41) is 10.4. The van der Waals surface area contributed by atoms with Crippen LogP contribution in [0.2, 0.25) is 0 Å². The molecule has 0 radical (unpaired) electrons. The van der Waals surface area contributed by atoms with Crippen molar-refractivity contribution >= 4 is 5.57 Å². The summed E-state index contributed by atoms with van der Waals surface area (Å²) in [7, 11) is 0. The van der Waals surface area contributed by atoms with Crippen molar-refractivity contribution in [1.82, 2.24) is 0 Å². The fourth-order valence-electron chi connectivity index (χ4n) is 2.63. The van der Waals surface area contributed by atoms with Crippen LogP contribution in [0.4, 0.5) is 26.3 Å². The van der Waals surface area contributed by atoms with E-state index in [1.54, 1.807) is 6.07 Å². The van der Waals surface area contributed by atoms with Gasteiger partial charge in [-0.1, -0.05) is 48.6 Å². The zero-order valence-corrected chi connectivity index (χ0v) is 11.1. The Labute approximate surface area is 122 Å². The van der Waals surface area contributed by atoms with Gasteiger partial charge in [0.2, 0.25) is 0 Å². The first kappa shape index (κ1) is 16.6. The van der Waals surface area contributed by atoms with Crippen LogP contribution in [0.25, 0.3) is 5.57 Å². The second-order valence-corrected chi connectivity index (χ2v) is 5.02. The van der Waals surface area contributed by atoms with E-state index >= 15 is 0 Å². The van der Waals surface area contributed by atoms with E-state index in [1.807, 2.05) is 0 Å². The van der Waals surface area contributed by atoms with Gasteiger partial charge in [-0.2, -0.15) is 26.3 Å². The minimum absolute atomic E-state index is 0.118. The molecular formula is C15H12F6O. The number of hydrogen-bond donors (Lipinski definition) is 1. The number of rotatable bonds is 2. The fourth-order valence-corrected chi connectivity index (χ4v) is 2.63. The van der Waals surface area contributed by atoms with Crippen LogP contribution in [0.15, 0.2) is 48.6 Å². The summed E-state index contributed by atoms with van der Waals surface area (Å²) in [6.45, 7) is 0. The number of hydrogen-bond acceptors (Lipinski definition) is 1. The van der Waals surface area contributed by atoms with E-state index in [-0.39, 0.29) is 5.56 Å². The molecule has 0 bridgehead atoms. The summed E-state index contributed by atoms with van der Waals surface area (Å²) >= 11 is 0. The summed E-state index contributed by atoms with van der Waals surface area (Å²) in [5.74, 6) is -3.86. The maximum Gasteiger partial charge on any atom is 0.403 e. The van der Waals surface area contributed by atoms with Gasteiger partial charge in [-0.15, -0.1) is 0 Å². The van der Waals surface area contributed by atoms with Crippen LogP contribution < -0.4 is 0 Å². The molecule has 0 aliphatic heterocycles. The van der Waals surface area contributed by atoms with E-state index in [9.17, 15) is 31.4 Å². The molecule has 7 heteroatoms. The van der Waals surface area contributed by atoms with Crippen molar-refractivity contribution in [2.45, 2.75) is 24.4 Å². The molecule has 1 aliphatic carbocycles. The van der Waals surface area contributed by atoms with Crippen molar-refractivity contribution in [3.05, 3.63) is 54.1 Å². The normalized spacial score (nSPS) is 22.8. The number of alkyl halides is 6. The lowest BCUT2D eigenvalue weighted by Crippen LogP contribution is -2.54. The number of halogens is 6. The molecule has 0 saturated carbocycles. The average molecular weight is 322 g/mol. The van der Waals surface area contributed by atoms with Gasteiger partial charge in [0.1, 0.15) is 5.60 Å². The van der Waals surface area contributed by atoms with Gasteiger partial charge in [0.25, 0.3) is 0 Å². The maximum atomic E-state index is 13.0. The molecule has 1 aliphatic rings. The molecule has 1 atom stereocenters. The molecule has 0 amide bonds. The van der Waals surface area contributed by atoms with Crippen LogP contribution in [0.1, 0.15) is 12.0 Å². The van der Waals surface area contributed by atoms with Crippen LogP contribution in [0.5, 0.6) is 0 Å². The van der Waals surface area contributed by atoms with Crippen LogP contribution in [0, 0.1) is 5.92 Å². The van der Waals surface area contributed by atoms with E-state index in [0.29, 0.717) is 0 Å². The first-order chi connectivity index (χ1) is 10.1. The Morgan fingerprint density at radius 1 is 0.955 bits per heavy atom. The van der Waals surface area contributed by atoms with E-state index in [0.717, 1.165) is 12.2 Å². The van der Waals surface area contributed by atoms with Crippen molar-refractivity contribution < 1.29 is 31.4 Å². The van der Waals surface area contributed by atoms with Crippen molar-refractivity contribution in [2.75, 3.05) is 0 Å². The third-order valence-electron chi connectivity index (χ3n) is 3.51. The van der Waals surface area contributed by atoms with Gasteiger partial charge in [-0.25, -0.2) is 0 Å². The quantitative estimate of drug-likeness (QED) is 0.795. The Hall–Kier alpha value is -1.76. The lowest BCUT2D eigenvalue weighted by molar-refractivity contribution is -0.317. The van der Waals surface area contributed by atoms with Gasteiger partial charge in [0.15, 0.2) is 5.92 Å². The molecule has 22 heavy (non-hydrogen) atoms. The van der Waals surface area contributed by atoms with Gasteiger partial charge >= 0.3 is 12.4 Å². The molecule has 1 unspecified atom stereocenters. The second-order valence-electron chi connectivity index (χ2n) is 5.02. The molecule has 0 saturated heterocycles. The lowest BCUT2D eigenvalue weighted by Gasteiger charge is -2.40. The van der Waals surface area contributed by atoms with Crippen LogP contribution in [-0.4, -0.2) is 23.1 Å². The highest BCUT2D eigenvalue weighted by molar-refractivity contribution is 5.75. The monoisotopic (exact) mass is 322 g/mol. The molecule has 1 nitrogen and oxygen atoms in total. The van der Waals surface area contributed by atoms with E-state index < -0.39 is 35.9 Å². The number of aliphatic hydroxyl groups is 1. The first-order valence-electron chi connectivity index (χ1n) is 6.35. The Balaban J connectivity index is 2.59. The zero-order chi connectivity index (χ0) is 16.6. The zero-order valence-electron chi connectivity index (χ0n) is 11.1. The van der Waals surface area contributed by atoms with Crippen molar-refractivity contribution in [3.8, 4) is 0 Å². The van der Waals surface area contributed by atoms with Crippen molar-refractivity contribution in [1.29, 1.82) is 0 Å². The Kier molecular flexibility index (Phi) is 4.12. The maximum absolute atomic E-state index is 13.0. The Morgan fingerprint density at radius 2 is 1.50 bits per heavy atom. The molecule has 120 valence electrons. The molecule has 0 aromatic heterocycles. The smallest absolute Gasteiger partial charge is 0.384 e. The van der Waals surface area contributed by atoms with Gasteiger partial charge in [-0.05, 0) is 17.6 Å². The first-order valence-corrected chi connectivity index (χ1v) is 6.35. The fraction of sp³-hybridized carbons (Fsp3) is 0.333. The van der Waals surface area contributed by atoms with Crippen LogP contribution >= 0.6 is 0 Å². The second kappa shape index (κ2) is 5.46. The van der Waals surface area contributed by atoms with Crippen LogP contribution in [-0.2, 0) is 0 Å². The third-order valence-corrected chi connectivity index (χ3v) is 3.51. The highest BCUT2D eigenvalue weighted by Gasteiger charge is 2.67. The highest BCUT2D eigenvalue weighted by Crippen LogP contribution is 2.52. The van der Waals surface area contributed by atoms with Gasteiger partial charge in [0, 0.05) is 0 Å². The molecule has 0 heterocycles. The number of allylic oxidation sites excluding steroid dienone is 2. The predicted octanol–water partition coefficient (Wildman–Crippen LogP) is 4.50. The van der Waals surface area contributed by atoms with Gasteiger partial charge in [0.05, 0.1) is 0 Å². The Morgan fingerprint density at radius 3 is 2.00 bits per heavy atom. The molecule has 0 spiro atoms. The van der Waals surface area contributed by atoms with E-state index in [2.05, 4.69) is 0 Å². The minimum atomic E-state index is -5.62. The molecule has 1 N–H and O–H groups in total. The summed E-state index contributed by atoms with van der Waals surface area (Å²) < 4.78 is 78.0. The summed E-state index contributed by atoms with van der Waals surface area (Å²) in [5.41, 5.74) is -3.37. The molecule has 0 fully saturated rings. The molecule has 1 aromatic rings. The van der Waals surface area contributed by atoms with E-state index in [4.69, 9.17) is 0 Å². The predicted molar refractivity (Wildman–Crippen MR) is 68.7 cm³/mol. The topological polar surface area (TPSA) is 20.2 Å². The Bertz CT molecular complexity index is 570. The van der Waals surface area contributed by atoms with Crippen molar-refractivity contribution in [3.63, 3.8) is 0 Å². The average Bonchev–Trinajstić information content (AvgIpc) is 2.36. The largest absolute Gasteiger partial charge is 0.403 e. The highest BCUT2D eigenvalue weighted by atomic mass is 19.4. The van der Waals surface area contributed by atoms with Crippen molar-refractivity contribution in [2.24, 2.45) is 5.92 Å². The minimum Gasteiger partial charge on any atom is -0.384 e. The standard InChI is InChI=1S/C15H12F6O/c16-14(17,18)12(15(19,20)21)13(22)9-5-4-8-11(13)10-6-2-1-3-7-10/h1-8,12,22H,9H2. The van der Waals surface area contributed by atoms with Gasteiger partial charge in [-0.3, -0.25) is 0 Å². The molecular weight excluding hydrogens is 310 g/mol. The van der Waals surface area contributed by atoms with Crippen LogP contribution in [0.3, 0.4) is 0 Å². The summed E-state index contributed by atoms with van der Waals surface area (Å²) in [6, 6.07) is 7.25. The van der Waals surface area contributed by atoms with Gasteiger partial charge < -0.3 is 5.11 Å². The lowest BCUT2D eigenvalue weighted by atomic mass is 9.73. The molecule has 1 aromatic carbocycles. The SMILES string of the molecule is OC1(C(C(F)(F)F)C(F)(F)F)CC=CC=C1c1ccccc1. The summed E-state index contributed by atoms with van der Waals surface area (Å²) in [6.07, 6.45) is -8.49. The van der Waals surface area contributed by atoms with E-state index in [1.165, 1.54) is 30.3 Å². The molecule has 2 rings (SSSR count). The summed E-state index contributed by atoms with van der Waals surface area (Å²) in [4.78, 5) is 0. The third kappa shape index (κ3) is 3.04.